The van der Waals surface area contributed by atoms with Crippen molar-refractivity contribution in [2.45, 2.75) is 32.7 Å². The van der Waals surface area contributed by atoms with E-state index < -0.39 is 5.82 Å². The van der Waals surface area contributed by atoms with Gasteiger partial charge in [-0.2, -0.15) is 0 Å². The number of anilines is 1. The number of benzene rings is 1. The van der Waals surface area contributed by atoms with Crippen LogP contribution in [-0.2, 0) is 4.79 Å². The SMILES string of the molecule is CCOc1ccc(NC(=O)C2CC(C)CCN2)cc1F. The van der Waals surface area contributed by atoms with Crippen molar-refractivity contribution in [1.29, 1.82) is 0 Å². The summed E-state index contributed by atoms with van der Waals surface area (Å²) in [6.07, 6.45) is 1.90. The first kappa shape index (κ1) is 14.8. The Morgan fingerprint density at radius 2 is 2.35 bits per heavy atom. The van der Waals surface area contributed by atoms with Crippen molar-refractivity contribution >= 4 is 11.6 Å². The maximum absolute atomic E-state index is 13.7. The van der Waals surface area contributed by atoms with Crippen molar-refractivity contribution in [3.05, 3.63) is 24.0 Å². The van der Waals surface area contributed by atoms with E-state index in [1.165, 1.54) is 12.1 Å². The minimum Gasteiger partial charge on any atom is -0.491 e. The van der Waals surface area contributed by atoms with E-state index in [2.05, 4.69) is 17.6 Å². The summed E-state index contributed by atoms with van der Waals surface area (Å²) in [5.41, 5.74) is 0.455. The number of ether oxygens (including phenoxy) is 1. The molecule has 5 heteroatoms. The molecule has 2 atom stereocenters. The third-order valence-corrected chi connectivity index (χ3v) is 3.48. The summed E-state index contributed by atoms with van der Waals surface area (Å²) in [4.78, 5) is 12.1. The van der Waals surface area contributed by atoms with Crippen LogP contribution in [0.1, 0.15) is 26.7 Å². The Morgan fingerprint density at radius 3 is 3.00 bits per heavy atom. The van der Waals surface area contributed by atoms with Gasteiger partial charge in [-0.15, -0.1) is 0 Å². The van der Waals surface area contributed by atoms with Gasteiger partial charge < -0.3 is 15.4 Å². The van der Waals surface area contributed by atoms with Crippen LogP contribution in [0.15, 0.2) is 18.2 Å². The van der Waals surface area contributed by atoms with Gasteiger partial charge in [-0.25, -0.2) is 4.39 Å². The molecule has 0 spiro atoms. The molecule has 2 N–H and O–H groups in total. The van der Waals surface area contributed by atoms with Gasteiger partial charge in [0.15, 0.2) is 11.6 Å². The molecule has 1 fully saturated rings. The second kappa shape index (κ2) is 6.70. The van der Waals surface area contributed by atoms with Crippen molar-refractivity contribution < 1.29 is 13.9 Å². The second-order valence-electron chi connectivity index (χ2n) is 5.20. The molecule has 4 nitrogen and oxygen atoms in total. The second-order valence-corrected chi connectivity index (χ2v) is 5.20. The zero-order valence-electron chi connectivity index (χ0n) is 11.9. The van der Waals surface area contributed by atoms with Gasteiger partial charge in [-0.1, -0.05) is 6.92 Å². The Labute approximate surface area is 118 Å². The highest BCUT2D eigenvalue weighted by Gasteiger charge is 2.24. The van der Waals surface area contributed by atoms with E-state index in [0.29, 0.717) is 18.2 Å². The van der Waals surface area contributed by atoms with Crippen LogP contribution in [0.25, 0.3) is 0 Å². The molecule has 1 saturated heterocycles. The van der Waals surface area contributed by atoms with Gasteiger partial charge in [0, 0.05) is 11.8 Å². The Morgan fingerprint density at radius 1 is 1.55 bits per heavy atom. The average molecular weight is 280 g/mol. The summed E-state index contributed by atoms with van der Waals surface area (Å²) in [6.45, 7) is 5.19. The number of amides is 1. The first-order chi connectivity index (χ1) is 9.60. The van der Waals surface area contributed by atoms with E-state index >= 15 is 0 Å². The zero-order chi connectivity index (χ0) is 14.5. The fourth-order valence-corrected chi connectivity index (χ4v) is 2.39. The van der Waals surface area contributed by atoms with Crippen LogP contribution < -0.4 is 15.4 Å². The predicted octanol–water partition coefficient (Wildman–Crippen LogP) is 2.55. The standard InChI is InChI=1S/C15H21FN2O2/c1-3-20-14-5-4-11(9-12(14)16)18-15(19)13-8-10(2)6-7-17-13/h4-5,9-10,13,17H,3,6-8H2,1-2H3,(H,18,19). The lowest BCUT2D eigenvalue weighted by Gasteiger charge is -2.27. The largest absolute Gasteiger partial charge is 0.491 e. The molecule has 1 aliphatic rings. The van der Waals surface area contributed by atoms with Crippen LogP contribution in [0.3, 0.4) is 0 Å². The molecule has 1 heterocycles. The fraction of sp³-hybridized carbons (Fsp3) is 0.533. The van der Waals surface area contributed by atoms with E-state index in [0.717, 1.165) is 19.4 Å². The molecule has 0 radical (unpaired) electrons. The zero-order valence-corrected chi connectivity index (χ0v) is 11.9. The van der Waals surface area contributed by atoms with Crippen molar-refractivity contribution in [2.75, 3.05) is 18.5 Å². The third-order valence-electron chi connectivity index (χ3n) is 3.48. The average Bonchev–Trinajstić information content (AvgIpc) is 2.42. The molecule has 0 saturated carbocycles. The van der Waals surface area contributed by atoms with Gasteiger partial charge in [-0.05, 0) is 44.4 Å². The first-order valence-corrected chi connectivity index (χ1v) is 7.06. The van der Waals surface area contributed by atoms with E-state index in [-0.39, 0.29) is 17.7 Å². The van der Waals surface area contributed by atoms with E-state index in [9.17, 15) is 9.18 Å². The summed E-state index contributed by atoms with van der Waals surface area (Å²) >= 11 is 0. The van der Waals surface area contributed by atoms with Crippen LogP contribution in [0.5, 0.6) is 5.75 Å². The number of carbonyl (C=O) groups is 1. The van der Waals surface area contributed by atoms with E-state index in [1.807, 2.05) is 0 Å². The molecular weight excluding hydrogens is 259 g/mol. The highest BCUT2D eigenvalue weighted by atomic mass is 19.1. The number of hydrogen-bond acceptors (Lipinski definition) is 3. The predicted molar refractivity (Wildman–Crippen MR) is 76.4 cm³/mol. The van der Waals surface area contributed by atoms with Crippen LogP contribution in [0, 0.1) is 11.7 Å². The summed E-state index contributed by atoms with van der Waals surface area (Å²) < 4.78 is 18.8. The molecule has 110 valence electrons. The monoisotopic (exact) mass is 280 g/mol. The Balaban J connectivity index is 1.98. The lowest BCUT2D eigenvalue weighted by Crippen LogP contribution is -2.45. The first-order valence-electron chi connectivity index (χ1n) is 7.06. The molecule has 0 bridgehead atoms. The quantitative estimate of drug-likeness (QED) is 0.891. The maximum atomic E-state index is 13.7. The number of hydrogen-bond donors (Lipinski definition) is 2. The van der Waals surface area contributed by atoms with Crippen molar-refractivity contribution in [3.63, 3.8) is 0 Å². The topological polar surface area (TPSA) is 50.4 Å². The van der Waals surface area contributed by atoms with E-state index in [1.54, 1.807) is 13.0 Å². The number of halogens is 1. The molecular formula is C15H21FN2O2. The molecule has 20 heavy (non-hydrogen) atoms. The number of piperidine rings is 1. The lowest BCUT2D eigenvalue weighted by atomic mass is 9.94. The van der Waals surface area contributed by atoms with Gasteiger partial charge >= 0.3 is 0 Å². The summed E-state index contributed by atoms with van der Waals surface area (Å²) in [6, 6.07) is 4.27. The van der Waals surface area contributed by atoms with Gasteiger partial charge in [0.1, 0.15) is 0 Å². The number of rotatable bonds is 4. The molecule has 0 aromatic heterocycles. The molecule has 1 aromatic carbocycles. The fourth-order valence-electron chi connectivity index (χ4n) is 2.39. The normalized spacial score (nSPS) is 22.4. The van der Waals surface area contributed by atoms with Crippen LogP contribution >= 0.6 is 0 Å². The van der Waals surface area contributed by atoms with Gasteiger partial charge in [-0.3, -0.25) is 4.79 Å². The van der Waals surface area contributed by atoms with Crippen molar-refractivity contribution in [2.24, 2.45) is 5.92 Å². The highest BCUT2D eigenvalue weighted by molar-refractivity contribution is 5.94. The van der Waals surface area contributed by atoms with Crippen LogP contribution in [0.2, 0.25) is 0 Å². The lowest BCUT2D eigenvalue weighted by molar-refractivity contribution is -0.119. The van der Waals surface area contributed by atoms with E-state index in [4.69, 9.17) is 4.74 Å². The summed E-state index contributed by atoms with van der Waals surface area (Å²) in [5, 5.41) is 5.93. The minimum absolute atomic E-state index is 0.111. The highest BCUT2D eigenvalue weighted by Crippen LogP contribution is 2.22. The number of carbonyl (C=O) groups excluding carboxylic acids is 1. The molecule has 1 amide bonds. The van der Waals surface area contributed by atoms with Gasteiger partial charge in [0.2, 0.25) is 5.91 Å². The van der Waals surface area contributed by atoms with Crippen LogP contribution in [0.4, 0.5) is 10.1 Å². The molecule has 2 rings (SSSR count). The molecule has 1 aromatic rings. The Bertz CT molecular complexity index is 479. The summed E-state index contributed by atoms with van der Waals surface area (Å²) in [7, 11) is 0. The minimum atomic E-state index is -0.463. The number of nitrogens with one attached hydrogen (secondary N) is 2. The summed E-state index contributed by atoms with van der Waals surface area (Å²) in [5.74, 6) is 0.161. The third kappa shape index (κ3) is 3.70. The van der Waals surface area contributed by atoms with Gasteiger partial charge in [0.25, 0.3) is 0 Å². The molecule has 0 aliphatic carbocycles. The van der Waals surface area contributed by atoms with Gasteiger partial charge in [0.05, 0.1) is 12.6 Å². The molecule has 2 unspecified atom stereocenters. The Hall–Kier alpha value is -1.62. The van der Waals surface area contributed by atoms with Crippen molar-refractivity contribution in [1.82, 2.24) is 5.32 Å². The Kier molecular flexibility index (Phi) is 4.95. The van der Waals surface area contributed by atoms with Crippen molar-refractivity contribution in [3.8, 4) is 5.75 Å². The van der Waals surface area contributed by atoms with Crippen LogP contribution in [-0.4, -0.2) is 25.1 Å². The maximum Gasteiger partial charge on any atom is 0.241 e. The molecule has 1 aliphatic heterocycles. The smallest absolute Gasteiger partial charge is 0.241 e.